The minimum Gasteiger partial charge on any atom is -0.289 e. The fraction of sp³-hybridized carbons (Fsp3) is 0.0690. The standard InChI is InChI=1S/C29H24O/c1-4-22-9-11-24(12-10-22)27-7-5-6-8-28(27)29(30)25-15-13-23(14-16-25)26-18-20(2)17-21(3)19-26/h4-19H,1H2,2-3H3. The molecule has 0 N–H and O–H groups in total. The van der Waals surface area contributed by atoms with Crippen LogP contribution in [0.4, 0.5) is 0 Å². The van der Waals surface area contributed by atoms with Crippen molar-refractivity contribution >= 4 is 11.9 Å². The molecule has 146 valence electrons. The van der Waals surface area contributed by atoms with E-state index < -0.39 is 0 Å². The van der Waals surface area contributed by atoms with Crippen molar-refractivity contribution in [2.75, 3.05) is 0 Å². The lowest BCUT2D eigenvalue weighted by Crippen LogP contribution is -2.03. The van der Waals surface area contributed by atoms with Crippen LogP contribution in [0.2, 0.25) is 0 Å². The molecule has 0 atom stereocenters. The van der Waals surface area contributed by atoms with Crippen molar-refractivity contribution in [1.82, 2.24) is 0 Å². The van der Waals surface area contributed by atoms with E-state index in [1.165, 1.54) is 16.7 Å². The lowest BCUT2D eigenvalue weighted by atomic mass is 9.92. The maximum atomic E-state index is 13.3. The number of benzene rings is 4. The van der Waals surface area contributed by atoms with Gasteiger partial charge in [-0.2, -0.15) is 0 Å². The maximum absolute atomic E-state index is 13.3. The zero-order valence-electron chi connectivity index (χ0n) is 17.4. The highest BCUT2D eigenvalue weighted by molar-refractivity contribution is 6.13. The molecule has 0 aliphatic heterocycles. The van der Waals surface area contributed by atoms with E-state index in [2.05, 4.69) is 38.6 Å². The molecular formula is C29H24O. The fourth-order valence-electron chi connectivity index (χ4n) is 3.84. The fourth-order valence-corrected chi connectivity index (χ4v) is 3.84. The van der Waals surface area contributed by atoms with Crippen LogP contribution in [0.15, 0.2) is 97.6 Å². The number of hydrogen-bond donors (Lipinski definition) is 0. The summed E-state index contributed by atoms with van der Waals surface area (Å²) in [6.07, 6.45) is 1.82. The Kier molecular flexibility index (Phi) is 5.45. The summed E-state index contributed by atoms with van der Waals surface area (Å²) in [5.74, 6) is 0.0328. The van der Waals surface area contributed by atoms with Gasteiger partial charge >= 0.3 is 0 Å². The number of rotatable bonds is 5. The Labute approximate surface area is 178 Å². The second-order valence-electron chi connectivity index (χ2n) is 7.65. The van der Waals surface area contributed by atoms with Crippen LogP contribution >= 0.6 is 0 Å². The topological polar surface area (TPSA) is 17.1 Å². The van der Waals surface area contributed by atoms with Gasteiger partial charge in [0.2, 0.25) is 0 Å². The quantitative estimate of drug-likeness (QED) is 0.323. The third-order valence-electron chi connectivity index (χ3n) is 5.33. The summed E-state index contributed by atoms with van der Waals surface area (Å²) in [6, 6.07) is 30.3. The maximum Gasteiger partial charge on any atom is 0.193 e. The van der Waals surface area contributed by atoms with E-state index >= 15 is 0 Å². The highest BCUT2D eigenvalue weighted by Gasteiger charge is 2.14. The molecule has 0 saturated heterocycles. The molecular weight excluding hydrogens is 364 g/mol. The molecule has 0 bridgehead atoms. The molecule has 0 heterocycles. The lowest BCUT2D eigenvalue weighted by molar-refractivity contribution is 0.103. The number of hydrogen-bond acceptors (Lipinski definition) is 1. The minimum atomic E-state index is 0.0328. The van der Waals surface area contributed by atoms with E-state index in [4.69, 9.17) is 0 Å². The highest BCUT2D eigenvalue weighted by atomic mass is 16.1. The first-order valence-electron chi connectivity index (χ1n) is 10.1. The van der Waals surface area contributed by atoms with Crippen LogP contribution in [-0.4, -0.2) is 5.78 Å². The third-order valence-corrected chi connectivity index (χ3v) is 5.33. The van der Waals surface area contributed by atoms with Gasteiger partial charge in [-0.3, -0.25) is 4.79 Å². The number of carbonyl (C=O) groups excluding carboxylic acids is 1. The molecule has 0 radical (unpaired) electrons. The van der Waals surface area contributed by atoms with Gasteiger partial charge in [-0.25, -0.2) is 0 Å². The third kappa shape index (κ3) is 4.01. The molecule has 0 aliphatic rings. The van der Waals surface area contributed by atoms with Crippen molar-refractivity contribution < 1.29 is 4.79 Å². The molecule has 0 aliphatic carbocycles. The molecule has 4 aromatic carbocycles. The Bertz CT molecular complexity index is 1190. The SMILES string of the molecule is C=Cc1ccc(-c2ccccc2C(=O)c2ccc(-c3cc(C)cc(C)c3)cc2)cc1. The van der Waals surface area contributed by atoms with Crippen LogP contribution in [-0.2, 0) is 0 Å². The van der Waals surface area contributed by atoms with E-state index in [9.17, 15) is 4.79 Å². The second-order valence-corrected chi connectivity index (χ2v) is 7.65. The van der Waals surface area contributed by atoms with Crippen molar-refractivity contribution in [2.24, 2.45) is 0 Å². The van der Waals surface area contributed by atoms with Gasteiger partial charge in [-0.1, -0.05) is 115 Å². The number of aryl methyl sites for hydroxylation is 2. The van der Waals surface area contributed by atoms with E-state index in [1.807, 2.05) is 78.9 Å². The Morgan fingerprint density at radius 1 is 0.700 bits per heavy atom. The highest BCUT2D eigenvalue weighted by Crippen LogP contribution is 2.28. The summed E-state index contributed by atoms with van der Waals surface area (Å²) < 4.78 is 0. The molecule has 0 unspecified atom stereocenters. The summed E-state index contributed by atoms with van der Waals surface area (Å²) in [5, 5.41) is 0. The Morgan fingerprint density at radius 3 is 1.93 bits per heavy atom. The van der Waals surface area contributed by atoms with E-state index in [0.29, 0.717) is 11.1 Å². The van der Waals surface area contributed by atoms with Crippen LogP contribution < -0.4 is 0 Å². The van der Waals surface area contributed by atoms with Crippen molar-refractivity contribution in [3.8, 4) is 22.3 Å². The molecule has 0 aromatic heterocycles. The van der Waals surface area contributed by atoms with Gasteiger partial charge < -0.3 is 0 Å². The molecule has 0 saturated carbocycles. The summed E-state index contributed by atoms with van der Waals surface area (Å²) in [6.45, 7) is 8.01. The molecule has 1 heteroatoms. The first-order valence-corrected chi connectivity index (χ1v) is 10.1. The van der Waals surface area contributed by atoms with E-state index in [0.717, 1.165) is 22.3 Å². The Morgan fingerprint density at radius 2 is 1.30 bits per heavy atom. The van der Waals surface area contributed by atoms with E-state index in [1.54, 1.807) is 0 Å². The summed E-state index contributed by atoms with van der Waals surface area (Å²) >= 11 is 0. The van der Waals surface area contributed by atoms with Crippen LogP contribution in [0.3, 0.4) is 0 Å². The molecule has 0 amide bonds. The zero-order chi connectivity index (χ0) is 21.1. The molecule has 1 nitrogen and oxygen atoms in total. The second kappa shape index (κ2) is 8.34. The van der Waals surface area contributed by atoms with Gasteiger partial charge in [0, 0.05) is 11.1 Å². The normalized spacial score (nSPS) is 10.6. The van der Waals surface area contributed by atoms with Crippen LogP contribution in [0.25, 0.3) is 28.3 Å². The predicted molar refractivity (Wildman–Crippen MR) is 127 cm³/mol. The average Bonchev–Trinajstić information content (AvgIpc) is 2.78. The number of ketones is 1. The summed E-state index contributed by atoms with van der Waals surface area (Å²) in [7, 11) is 0. The van der Waals surface area contributed by atoms with Crippen molar-refractivity contribution in [3.63, 3.8) is 0 Å². The molecule has 0 fully saturated rings. The van der Waals surface area contributed by atoms with Gasteiger partial charge in [0.25, 0.3) is 0 Å². The number of carbonyl (C=O) groups is 1. The largest absolute Gasteiger partial charge is 0.289 e. The first-order chi connectivity index (χ1) is 14.5. The van der Waals surface area contributed by atoms with Gasteiger partial charge in [0.15, 0.2) is 5.78 Å². The van der Waals surface area contributed by atoms with Gasteiger partial charge in [-0.15, -0.1) is 0 Å². The minimum absolute atomic E-state index is 0.0328. The lowest BCUT2D eigenvalue weighted by Gasteiger charge is -2.11. The van der Waals surface area contributed by atoms with Gasteiger partial charge in [-0.05, 0) is 41.7 Å². The Hall–Kier alpha value is -3.71. The Balaban J connectivity index is 1.67. The molecule has 4 aromatic rings. The zero-order valence-corrected chi connectivity index (χ0v) is 17.4. The van der Waals surface area contributed by atoms with Crippen molar-refractivity contribution in [3.05, 3.63) is 125 Å². The summed E-state index contributed by atoms with van der Waals surface area (Å²) in [5.41, 5.74) is 9.20. The van der Waals surface area contributed by atoms with Crippen LogP contribution in [0.1, 0.15) is 32.6 Å². The van der Waals surface area contributed by atoms with Crippen LogP contribution in [0.5, 0.6) is 0 Å². The van der Waals surface area contributed by atoms with E-state index in [-0.39, 0.29) is 5.78 Å². The van der Waals surface area contributed by atoms with Gasteiger partial charge in [0.1, 0.15) is 0 Å². The molecule has 30 heavy (non-hydrogen) atoms. The van der Waals surface area contributed by atoms with Crippen molar-refractivity contribution in [1.29, 1.82) is 0 Å². The predicted octanol–water partition coefficient (Wildman–Crippen LogP) is 7.51. The van der Waals surface area contributed by atoms with Gasteiger partial charge in [0.05, 0.1) is 0 Å². The first kappa shape index (κ1) is 19.6. The van der Waals surface area contributed by atoms with Crippen LogP contribution in [0, 0.1) is 13.8 Å². The molecule has 0 spiro atoms. The average molecular weight is 389 g/mol. The smallest absolute Gasteiger partial charge is 0.193 e. The summed E-state index contributed by atoms with van der Waals surface area (Å²) in [4.78, 5) is 13.3. The van der Waals surface area contributed by atoms with Crippen molar-refractivity contribution in [2.45, 2.75) is 13.8 Å². The monoisotopic (exact) mass is 388 g/mol. The molecule has 4 rings (SSSR count).